The normalized spacial score (nSPS) is 29.4. The molecule has 1 fully saturated rings. The second-order valence-electron chi connectivity index (χ2n) is 3.57. The van der Waals surface area contributed by atoms with E-state index in [9.17, 15) is 0 Å². The molecule has 0 aromatic carbocycles. The fourth-order valence-corrected chi connectivity index (χ4v) is 1.55. The predicted molar refractivity (Wildman–Crippen MR) is 43.8 cm³/mol. The van der Waals surface area contributed by atoms with Gasteiger partial charge in [0.05, 0.1) is 0 Å². The molecular weight excluding hydrogens is 124 g/mol. The van der Waals surface area contributed by atoms with Crippen molar-refractivity contribution in [1.29, 1.82) is 0 Å². The van der Waals surface area contributed by atoms with Crippen molar-refractivity contribution in [1.82, 2.24) is 5.32 Å². The number of nitrogens with one attached hydrogen (secondary N) is 1. The van der Waals surface area contributed by atoms with Crippen molar-refractivity contribution in [2.24, 2.45) is 17.6 Å². The van der Waals surface area contributed by atoms with Crippen molar-refractivity contribution < 1.29 is 0 Å². The van der Waals surface area contributed by atoms with Crippen LogP contribution in [0.4, 0.5) is 0 Å². The van der Waals surface area contributed by atoms with Crippen LogP contribution in [0.1, 0.15) is 20.3 Å². The minimum Gasteiger partial charge on any atom is -0.327 e. The lowest BCUT2D eigenvalue weighted by molar-refractivity contribution is 0.363. The molecule has 2 atom stereocenters. The zero-order valence-electron chi connectivity index (χ0n) is 6.93. The first-order valence-corrected chi connectivity index (χ1v) is 4.18. The van der Waals surface area contributed by atoms with E-state index in [-0.39, 0.29) is 0 Å². The van der Waals surface area contributed by atoms with E-state index >= 15 is 0 Å². The topological polar surface area (TPSA) is 38.0 Å². The summed E-state index contributed by atoms with van der Waals surface area (Å²) in [5.74, 6) is 1.35. The minimum atomic E-state index is 0.398. The van der Waals surface area contributed by atoms with Crippen molar-refractivity contribution >= 4 is 0 Å². The van der Waals surface area contributed by atoms with Gasteiger partial charge in [-0.3, -0.25) is 0 Å². The van der Waals surface area contributed by atoms with Crippen LogP contribution < -0.4 is 11.1 Å². The van der Waals surface area contributed by atoms with Gasteiger partial charge in [-0.15, -0.1) is 0 Å². The molecule has 1 aliphatic rings. The molecule has 0 aromatic heterocycles. The molecule has 2 heteroatoms. The average molecular weight is 142 g/mol. The number of rotatable bonds is 2. The summed E-state index contributed by atoms with van der Waals surface area (Å²) in [6.45, 7) is 6.68. The van der Waals surface area contributed by atoms with Crippen molar-refractivity contribution in [3.8, 4) is 0 Å². The summed E-state index contributed by atoms with van der Waals surface area (Å²) < 4.78 is 0. The van der Waals surface area contributed by atoms with E-state index in [1.165, 1.54) is 6.42 Å². The fraction of sp³-hybridized carbons (Fsp3) is 1.00. The Morgan fingerprint density at radius 2 is 2.20 bits per heavy atom. The van der Waals surface area contributed by atoms with E-state index in [1.54, 1.807) is 0 Å². The Morgan fingerprint density at radius 3 is 2.60 bits per heavy atom. The SMILES string of the molecule is CC(C)C(N)[C@H]1CCNC1. The highest BCUT2D eigenvalue weighted by Gasteiger charge is 2.23. The highest BCUT2D eigenvalue weighted by molar-refractivity contribution is 4.82. The maximum atomic E-state index is 5.98. The summed E-state index contributed by atoms with van der Waals surface area (Å²) in [7, 11) is 0. The maximum Gasteiger partial charge on any atom is 0.0103 e. The summed E-state index contributed by atoms with van der Waals surface area (Å²) >= 11 is 0. The molecule has 0 saturated carbocycles. The lowest BCUT2D eigenvalue weighted by atomic mass is 9.91. The molecule has 0 aliphatic carbocycles. The molecule has 3 N–H and O–H groups in total. The van der Waals surface area contributed by atoms with Crippen LogP contribution in [-0.4, -0.2) is 19.1 Å². The van der Waals surface area contributed by atoms with Crippen molar-refractivity contribution in [2.75, 3.05) is 13.1 Å². The molecule has 2 nitrogen and oxygen atoms in total. The molecule has 60 valence electrons. The van der Waals surface area contributed by atoms with Crippen molar-refractivity contribution in [3.63, 3.8) is 0 Å². The van der Waals surface area contributed by atoms with Crippen LogP contribution in [0.2, 0.25) is 0 Å². The van der Waals surface area contributed by atoms with Crippen LogP contribution in [0.5, 0.6) is 0 Å². The molecular formula is C8H18N2. The van der Waals surface area contributed by atoms with Crippen LogP contribution in [-0.2, 0) is 0 Å². The Hall–Kier alpha value is -0.0800. The van der Waals surface area contributed by atoms with Gasteiger partial charge in [-0.25, -0.2) is 0 Å². The smallest absolute Gasteiger partial charge is 0.0103 e. The molecule has 0 aromatic rings. The second-order valence-corrected chi connectivity index (χ2v) is 3.57. The Bertz CT molecular complexity index is 95.4. The van der Waals surface area contributed by atoms with Crippen LogP contribution in [0, 0.1) is 11.8 Å². The van der Waals surface area contributed by atoms with E-state index in [0.717, 1.165) is 19.0 Å². The van der Waals surface area contributed by atoms with E-state index < -0.39 is 0 Å². The predicted octanol–water partition coefficient (Wildman–Crippen LogP) is 0.579. The molecule has 0 bridgehead atoms. The van der Waals surface area contributed by atoms with Gasteiger partial charge >= 0.3 is 0 Å². The fourth-order valence-electron chi connectivity index (χ4n) is 1.55. The molecule has 1 heterocycles. The van der Waals surface area contributed by atoms with Crippen molar-refractivity contribution in [2.45, 2.75) is 26.3 Å². The molecule has 1 aliphatic heterocycles. The third-order valence-electron chi connectivity index (χ3n) is 2.41. The number of nitrogens with two attached hydrogens (primary N) is 1. The molecule has 1 saturated heterocycles. The van der Waals surface area contributed by atoms with Crippen LogP contribution >= 0.6 is 0 Å². The minimum absolute atomic E-state index is 0.398. The summed E-state index contributed by atoms with van der Waals surface area (Å²) in [5.41, 5.74) is 5.98. The van der Waals surface area contributed by atoms with E-state index in [2.05, 4.69) is 19.2 Å². The van der Waals surface area contributed by atoms with E-state index in [0.29, 0.717) is 12.0 Å². The van der Waals surface area contributed by atoms with Crippen LogP contribution in [0.25, 0.3) is 0 Å². The lowest BCUT2D eigenvalue weighted by Gasteiger charge is -2.21. The van der Waals surface area contributed by atoms with Gasteiger partial charge in [0.2, 0.25) is 0 Å². The van der Waals surface area contributed by atoms with Crippen LogP contribution in [0.15, 0.2) is 0 Å². The van der Waals surface area contributed by atoms with Gasteiger partial charge < -0.3 is 11.1 Å². The van der Waals surface area contributed by atoms with Gasteiger partial charge in [0.1, 0.15) is 0 Å². The van der Waals surface area contributed by atoms with Gasteiger partial charge in [0.25, 0.3) is 0 Å². The second kappa shape index (κ2) is 3.35. The summed E-state index contributed by atoms with van der Waals surface area (Å²) in [4.78, 5) is 0. The largest absolute Gasteiger partial charge is 0.327 e. The number of hydrogen-bond donors (Lipinski definition) is 2. The zero-order chi connectivity index (χ0) is 7.56. The van der Waals surface area contributed by atoms with Gasteiger partial charge in [-0.2, -0.15) is 0 Å². The first-order valence-electron chi connectivity index (χ1n) is 4.18. The summed E-state index contributed by atoms with van der Waals surface area (Å²) in [6, 6.07) is 0.398. The van der Waals surface area contributed by atoms with Gasteiger partial charge in [0, 0.05) is 6.04 Å². The van der Waals surface area contributed by atoms with Gasteiger partial charge in [-0.05, 0) is 31.3 Å². The first-order chi connectivity index (χ1) is 4.72. The molecule has 0 spiro atoms. The Morgan fingerprint density at radius 1 is 1.50 bits per heavy atom. The highest BCUT2D eigenvalue weighted by atomic mass is 14.9. The number of hydrogen-bond acceptors (Lipinski definition) is 2. The average Bonchev–Trinajstić information content (AvgIpc) is 2.36. The van der Waals surface area contributed by atoms with Crippen molar-refractivity contribution in [3.05, 3.63) is 0 Å². The molecule has 1 rings (SSSR count). The molecule has 10 heavy (non-hydrogen) atoms. The Kier molecular flexibility index (Phi) is 2.69. The maximum absolute atomic E-state index is 5.98. The third-order valence-corrected chi connectivity index (χ3v) is 2.41. The van der Waals surface area contributed by atoms with E-state index in [1.807, 2.05) is 0 Å². The quantitative estimate of drug-likeness (QED) is 0.592. The third kappa shape index (κ3) is 1.70. The van der Waals surface area contributed by atoms with Crippen LogP contribution in [0.3, 0.4) is 0 Å². The highest BCUT2D eigenvalue weighted by Crippen LogP contribution is 2.16. The summed E-state index contributed by atoms with van der Waals surface area (Å²) in [6.07, 6.45) is 1.26. The first kappa shape index (κ1) is 8.02. The molecule has 1 unspecified atom stereocenters. The summed E-state index contributed by atoms with van der Waals surface area (Å²) in [5, 5.41) is 3.33. The zero-order valence-corrected chi connectivity index (χ0v) is 6.93. The standard InChI is InChI=1S/C8H18N2/c1-6(2)8(9)7-3-4-10-5-7/h6-8,10H,3-5,9H2,1-2H3/t7-,8?/m0/s1. The molecule has 0 amide bonds. The Balaban J connectivity index is 2.32. The monoisotopic (exact) mass is 142 g/mol. The lowest BCUT2D eigenvalue weighted by Crippen LogP contribution is -2.36. The van der Waals surface area contributed by atoms with Gasteiger partial charge in [-0.1, -0.05) is 13.8 Å². The van der Waals surface area contributed by atoms with Gasteiger partial charge in [0.15, 0.2) is 0 Å². The van der Waals surface area contributed by atoms with E-state index in [4.69, 9.17) is 5.73 Å². The molecule has 0 radical (unpaired) electrons. The Labute approximate surface area is 63.2 Å².